The summed E-state index contributed by atoms with van der Waals surface area (Å²) in [5.41, 5.74) is 1.28. The van der Waals surface area contributed by atoms with Crippen LogP contribution >= 0.6 is 0 Å². The standard InChI is InChI=1S/C14H17N3O2S/c15-5-11-1-3-12(4-2-11)10-20(18,19)17-8-13-6-16-7-14(13)9-17/h1-4,13-14,16H,6-10H2/t13-,14+. The molecule has 2 aliphatic heterocycles. The Morgan fingerprint density at radius 1 is 1.20 bits per heavy atom. The van der Waals surface area contributed by atoms with E-state index in [0.29, 0.717) is 30.5 Å². The number of hydrogen-bond acceptors (Lipinski definition) is 4. The number of nitrogens with zero attached hydrogens (tertiary/aromatic N) is 2. The van der Waals surface area contributed by atoms with Crippen molar-refractivity contribution in [2.75, 3.05) is 26.2 Å². The Balaban J connectivity index is 1.71. The second-order valence-corrected chi connectivity index (χ2v) is 7.53. The SMILES string of the molecule is N#Cc1ccc(CS(=O)(=O)N2C[C@H]3CNC[C@H]3C2)cc1. The zero-order valence-electron chi connectivity index (χ0n) is 11.1. The summed E-state index contributed by atoms with van der Waals surface area (Å²) in [6, 6.07) is 8.79. The average Bonchev–Trinajstić information content (AvgIpc) is 3.00. The van der Waals surface area contributed by atoms with Gasteiger partial charge in [-0.1, -0.05) is 12.1 Å². The van der Waals surface area contributed by atoms with Crippen molar-refractivity contribution in [3.8, 4) is 6.07 Å². The summed E-state index contributed by atoms with van der Waals surface area (Å²) in [6.45, 7) is 3.12. The molecule has 0 saturated carbocycles. The highest BCUT2D eigenvalue weighted by molar-refractivity contribution is 7.88. The van der Waals surface area contributed by atoms with Gasteiger partial charge in [0, 0.05) is 13.1 Å². The molecule has 1 N–H and O–H groups in total. The van der Waals surface area contributed by atoms with Gasteiger partial charge in [0.25, 0.3) is 0 Å². The normalized spacial score (nSPS) is 26.4. The van der Waals surface area contributed by atoms with Crippen molar-refractivity contribution in [3.05, 3.63) is 35.4 Å². The van der Waals surface area contributed by atoms with Gasteiger partial charge in [0.1, 0.15) is 0 Å². The molecule has 0 unspecified atom stereocenters. The molecule has 2 heterocycles. The molecule has 0 aliphatic carbocycles. The largest absolute Gasteiger partial charge is 0.316 e. The number of hydrogen-bond donors (Lipinski definition) is 1. The van der Waals surface area contributed by atoms with Crippen LogP contribution in [-0.2, 0) is 15.8 Å². The first-order valence-corrected chi connectivity index (χ1v) is 8.37. The Labute approximate surface area is 119 Å². The summed E-state index contributed by atoms with van der Waals surface area (Å²) in [5, 5.41) is 12.0. The second-order valence-electron chi connectivity index (χ2n) is 5.56. The van der Waals surface area contributed by atoms with Gasteiger partial charge in [0.15, 0.2) is 0 Å². The maximum absolute atomic E-state index is 12.4. The second kappa shape index (κ2) is 5.17. The fourth-order valence-corrected chi connectivity index (χ4v) is 4.65. The van der Waals surface area contributed by atoms with Crippen LogP contribution in [0, 0.1) is 23.2 Å². The third-order valence-corrected chi connectivity index (χ3v) is 5.96. The van der Waals surface area contributed by atoms with Gasteiger partial charge in [-0.25, -0.2) is 12.7 Å². The Bertz CT molecular complexity index is 621. The molecule has 1 aromatic carbocycles. The lowest BCUT2D eigenvalue weighted by Gasteiger charge is -2.17. The smallest absolute Gasteiger partial charge is 0.218 e. The summed E-state index contributed by atoms with van der Waals surface area (Å²) in [5.74, 6) is 0.947. The highest BCUT2D eigenvalue weighted by atomic mass is 32.2. The molecule has 3 rings (SSSR count). The average molecular weight is 291 g/mol. The zero-order valence-corrected chi connectivity index (χ0v) is 11.9. The fraction of sp³-hybridized carbons (Fsp3) is 0.500. The third kappa shape index (κ3) is 2.57. The minimum atomic E-state index is -3.25. The molecule has 0 radical (unpaired) electrons. The minimum absolute atomic E-state index is 0.0194. The Morgan fingerprint density at radius 2 is 1.80 bits per heavy atom. The van der Waals surface area contributed by atoms with Crippen LogP contribution in [-0.4, -0.2) is 38.9 Å². The van der Waals surface area contributed by atoms with Gasteiger partial charge < -0.3 is 5.32 Å². The number of nitriles is 1. The molecule has 2 fully saturated rings. The van der Waals surface area contributed by atoms with E-state index in [1.807, 2.05) is 6.07 Å². The first-order chi connectivity index (χ1) is 9.58. The molecule has 1 aromatic rings. The topological polar surface area (TPSA) is 73.2 Å². The van der Waals surface area contributed by atoms with Gasteiger partial charge in [-0.05, 0) is 42.6 Å². The number of fused-ring (bicyclic) bond motifs is 1. The van der Waals surface area contributed by atoms with Gasteiger partial charge >= 0.3 is 0 Å². The summed E-state index contributed by atoms with van der Waals surface area (Å²) in [7, 11) is -3.25. The molecule has 2 saturated heterocycles. The van der Waals surface area contributed by atoms with E-state index in [1.165, 1.54) is 0 Å². The first-order valence-electron chi connectivity index (χ1n) is 6.76. The predicted octanol–water partition coefficient (Wildman–Crippen LogP) is 0.539. The van der Waals surface area contributed by atoms with Crippen LogP contribution in [0.2, 0.25) is 0 Å². The van der Waals surface area contributed by atoms with E-state index in [4.69, 9.17) is 5.26 Å². The quantitative estimate of drug-likeness (QED) is 0.882. The van der Waals surface area contributed by atoms with Gasteiger partial charge in [-0.2, -0.15) is 5.26 Å². The maximum atomic E-state index is 12.4. The number of benzene rings is 1. The lowest BCUT2D eigenvalue weighted by molar-refractivity contribution is 0.447. The predicted molar refractivity (Wildman–Crippen MR) is 75.2 cm³/mol. The third-order valence-electron chi connectivity index (χ3n) is 4.18. The van der Waals surface area contributed by atoms with E-state index in [9.17, 15) is 8.42 Å². The summed E-state index contributed by atoms with van der Waals surface area (Å²) in [6.07, 6.45) is 0. The molecule has 0 aromatic heterocycles. The first kappa shape index (κ1) is 13.6. The van der Waals surface area contributed by atoms with Crippen molar-refractivity contribution < 1.29 is 8.42 Å². The van der Waals surface area contributed by atoms with Crippen LogP contribution in [0.3, 0.4) is 0 Å². The lowest BCUT2D eigenvalue weighted by atomic mass is 10.0. The molecule has 0 amide bonds. The molecular weight excluding hydrogens is 274 g/mol. The van der Waals surface area contributed by atoms with E-state index in [2.05, 4.69) is 5.32 Å². The molecule has 2 aliphatic rings. The van der Waals surface area contributed by atoms with Crippen LogP contribution in [0.1, 0.15) is 11.1 Å². The van der Waals surface area contributed by atoms with Crippen LogP contribution in [0.25, 0.3) is 0 Å². The fourth-order valence-electron chi connectivity index (χ4n) is 3.02. The Kier molecular flexibility index (Phi) is 3.50. The summed E-state index contributed by atoms with van der Waals surface area (Å²) in [4.78, 5) is 0. The van der Waals surface area contributed by atoms with E-state index < -0.39 is 10.0 Å². The summed E-state index contributed by atoms with van der Waals surface area (Å²) < 4.78 is 26.5. The van der Waals surface area contributed by atoms with Crippen molar-refractivity contribution in [1.82, 2.24) is 9.62 Å². The van der Waals surface area contributed by atoms with Crippen LogP contribution in [0.4, 0.5) is 0 Å². The van der Waals surface area contributed by atoms with Crippen molar-refractivity contribution in [1.29, 1.82) is 5.26 Å². The molecule has 0 bridgehead atoms. The van der Waals surface area contributed by atoms with Crippen LogP contribution in [0.15, 0.2) is 24.3 Å². The van der Waals surface area contributed by atoms with E-state index in [-0.39, 0.29) is 5.75 Å². The molecular formula is C14H17N3O2S. The minimum Gasteiger partial charge on any atom is -0.316 e. The summed E-state index contributed by atoms with van der Waals surface area (Å²) >= 11 is 0. The Hall–Kier alpha value is -1.42. The molecule has 106 valence electrons. The van der Waals surface area contributed by atoms with Gasteiger partial charge in [0.2, 0.25) is 10.0 Å². The monoisotopic (exact) mass is 291 g/mol. The molecule has 6 heteroatoms. The molecule has 20 heavy (non-hydrogen) atoms. The lowest BCUT2D eigenvalue weighted by Crippen LogP contribution is -2.32. The van der Waals surface area contributed by atoms with Crippen molar-refractivity contribution in [2.45, 2.75) is 5.75 Å². The van der Waals surface area contributed by atoms with Crippen molar-refractivity contribution >= 4 is 10.0 Å². The van der Waals surface area contributed by atoms with Gasteiger partial charge in [-0.3, -0.25) is 0 Å². The molecule has 0 spiro atoms. The van der Waals surface area contributed by atoms with E-state index in [0.717, 1.165) is 18.7 Å². The van der Waals surface area contributed by atoms with Crippen LogP contribution < -0.4 is 5.32 Å². The maximum Gasteiger partial charge on any atom is 0.218 e. The Morgan fingerprint density at radius 3 is 2.35 bits per heavy atom. The van der Waals surface area contributed by atoms with Crippen LogP contribution in [0.5, 0.6) is 0 Å². The van der Waals surface area contributed by atoms with Crippen molar-refractivity contribution in [2.24, 2.45) is 11.8 Å². The van der Waals surface area contributed by atoms with Gasteiger partial charge in [-0.15, -0.1) is 0 Å². The number of nitrogens with one attached hydrogen (secondary N) is 1. The zero-order chi connectivity index (χ0) is 14.2. The number of rotatable bonds is 3. The molecule has 5 nitrogen and oxygen atoms in total. The van der Waals surface area contributed by atoms with E-state index in [1.54, 1.807) is 28.6 Å². The highest BCUT2D eigenvalue weighted by Gasteiger charge is 2.40. The van der Waals surface area contributed by atoms with Gasteiger partial charge in [0.05, 0.1) is 17.4 Å². The highest BCUT2D eigenvalue weighted by Crippen LogP contribution is 2.29. The van der Waals surface area contributed by atoms with E-state index >= 15 is 0 Å². The van der Waals surface area contributed by atoms with Crippen molar-refractivity contribution in [3.63, 3.8) is 0 Å². The molecule has 2 atom stereocenters. The number of sulfonamides is 1.